The average molecular weight is 267 g/mol. The summed E-state index contributed by atoms with van der Waals surface area (Å²) in [4.78, 5) is 11.7. The standard InChI is InChI=1S/C14H21NO2S/c1-4-9-15-14(16)12(3)18(17)10-13-7-5-11(2)6-8-13/h5-8,12H,4,9-10H2,1-3H3,(H,15,16). The fourth-order valence-corrected chi connectivity index (χ4v) is 2.58. The van der Waals surface area contributed by atoms with Crippen LogP contribution in [0.15, 0.2) is 24.3 Å². The average Bonchev–Trinajstić information content (AvgIpc) is 2.37. The molecule has 0 saturated carbocycles. The molecule has 1 N–H and O–H groups in total. The summed E-state index contributed by atoms with van der Waals surface area (Å²) in [5.74, 6) is 0.309. The van der Waals surface area contributed by atoms with E-state index in [4.69, 9.17) is 0 Å². The van der Waals surface area contributed by atoms with E-state index >= 15 is 0 Å². The molecule has 3 nitrogen and oxygen atoms in total. The molecule has 1 aromatic carbocycles. The van der Waals surface area contributed by atoms with E-state index in [-0.39, 0.29) is 5.91 Å². The van der Waals surface area contributed by atoms with Crippen molar-refractivity contribution in [2.75, 3.05) is 6.54 Å². The lowest BCUT2D eigenvalue weighted by atomic mass is 10.2. The Bertz CT molecular complexity index is 414. The van der Waals surface area contributed by atoms with E-state index < -0.39 is 16.0 Å². The highest BCUT2D eigenvalue weighted by Gasteiger charge is 2.19. The minimum Gasteiger partial charge on any atom is -0.355 e. The molecule has 100 valence electrons. The van der Waals surface area contributed by atoms with Gasteiger partial charge < -0.3 is 5.32 Å². The zero-order valence-corrected chi connectivity index (χ0v) is 12.0. The summed E-state index contributed by atoms with van der Waals surface area (Å²) in [7, 11) is -1.17. The second-order valence-corrected chi connectivity index (χ2v) is 6.20. The maximum atomic E-state index is 12.1. The Labute approximate surface area is 111 Å². The van der Waals surface area contributed by atoms with Gasteiger partial charge in [-0.3, -0.25) is 9.00 Å². The van der Waals surface area contributed by atoms with Crippen LogP contribution in [0.25, 0.3) is 0 Å². The van der Waals surface area contributed by atoms with Crippen molar-refractivity contribution >= 4 is 16.7 Å². The zero-order chi connectivity index (χ0) is 13.5. The minimum atomic E-state index is -1.17. The predicted octanol–water partition coefficient (Wildman–Crippen LogP) is 2.16. The Morgan fingerprint density at radius 2 is 1.94 bits per heavy atom. The van der Waals surface area contributed by atoms with E-state index in [1.807, 2.05) is 38.1 Å². The molecular weight excluding hydrogens is 246 g/mol. The fraction of sp³-hybridized carbons (Fsp3) is 0.500. The Hall–Kier alpha value is -1.16. The monoisotopic (exact) mass is 267 g/mol. The first-order valence-electron chi connectivity index (χ1n) is 6.25. The summed E-state index contributed by atoms with van der Waals surface area (Å²) in [6, 6.07) is 7.91. The highest BCUT2D eigenvalue weighted by Crippen LogP contribution is 2.09. The Balaban J connectivity index is 2.54. The number of nitrogens with one attached hydrogen (secondary N) is 1. The Morgan fingerprint density at radius 3 is 2.50 bits per heavy atom. The molecule has 2 atom stereocenters. The first-order chi connectivity index (χ1) is 8.54. The zero-order valence-electron chi connectivity index (χ0n) is 11.2. The van der Waals surface area contributed by atoms with Crippen LogP contribution in [0.1, 0.15) is 31.4 Å². The molecule has 1 aromatic rings. The lowest BCUT2D eigenvalue weighted by Gasteiger charge is -2.11. The van der Waals surface area contributed by atoms with Gasteiger partial charge in [0.2, 0.25) is 5.91 Å². The van der Waals surface area contributed by atoms with Crippen molar-refractivity contribution < 1.29 is 9.00 Å². The van der Waals surface area contributed by atoms with Gasteiger partial charge in [0.15, 0.2) is 0 Å². The third-order valence-corrected chi connectivity index (χ3v) is 4.36. The highest BCUT2D eigenvalue weighted by molar-refractivity contribution is 7.85. The molecule has 0 aromatic heterocycles. The second kappa shape index (κ2) is 7.31. The van der Waals surface area contributed by atoms with Gasteiger partial charge in [0.25, 0.3) is 0 Å². The Morgan fingerprint density at radius 1 is 1.33 bits per heavy atom. The van der Waals surface area contributed by atoms with Crippen molar-refractivity contribution in [2.24, 2.45) is 0 Å². The third-order valence-electron chi connectivity index (χ3n) is 2.74. The molecule has 1 amide bonds. The maximum Gasteiger partial charge on any atom is 0.235 e. The SMILES string of the molecule is CCCNC(=O)C(C)S(=O)Cc1ccc(C)cc1. The lowest BCUT2D eigenvalue weighted by Crippen LogP contribution is -2.36. The number of carbonyl (C=O) groups excluding carboxylic acids is 1. The summed E-state index contributed by atoms with van der Waals surface area (Å²) >= 11 is 0. The van der Waals surface area contributed by atoms with Crippen LogP contribution >= 0.6 is 0 Å². The van der Waals surface area contributed by atoms with Crippen molar-refractivity contribution in [1.82, 2.24) is 5.32 Å². The summed E-state index contributed by atoms with van der Waals surface area (Å²) in [5, 5.41) is 2.32. The molecule has 0 fully saturated rings. The Kier molecular flexibility index (Phi) is 6.05. The van der Waals surface area contributed by atoms with Crippen LogP contribution in [0.3, 0.4) is 0 Å². The topological polar surface area (TPSA) is 46.2 Å². The molecule has 0 saturated heterocycles. The van der Waals surface area contributed by atoms with Gasteiger partial charge in [-0.05, 0) is 25.8 Å². The molecule has 0 heterocycles. The molecule has 0 aliphatic rings. The van der Waals surface area contributed by atoms with Crippen LogP contribution in [0.5, 0.6) is 0 Å². The van der Waals surface area contributed by atoms with Crippen molar-refractivity contribution in [2.45, 2.75) is 38.2 Å². The molecule has 18 heavy (non-hydrogen) atoms. The van der Waals surface area contributed by atoms with Gasteiger partial charge in [-0.15, -0.1) is 0 Å². The molecule has 0 bridgehead atoms. The molecule has 0 radical (unpaired) electrons. The van der Waals surface area contributed by atoms with Crippen LogP contribution < -0.4 is 5.32 Å². The quantitative estimate of drug-likeness (QED) is 0.858. The number of rotatable bonds is 6. The number of aryl methyl sites for hydroxylation is 1. The van der Waals surface area contributed by atoms with E-state index in [1.165, 1.54) is 5.56 Å². The van der Waals surface area contributed by atoms with E-state index in [1.54, 1.807) is 6.92 Å². The summed E-state index contributed by atoms with van der Waals surface area (Å²) in [6.45, 7) is 6.37. The van der Waals surface area contributed by atoms with Crippen molar-refractivity contribution in [3.05, 3.63) is 35.4 Å². The van der Waals surface area contributed by atoms with Gasteiger partial charge in [-0.2, -0.15) is 0 Å². The first kappa shape index (κ1) is 14.9. The van der Waals surface area contributed by atoms with E-state index in [9.17, 15) is 9.00 Å². The van der Waals surface area contributed by atoms with Crippen molar-refractivity contribution in [3.63, 3.8) is 0 Å². The molecule has 4 heteroatoms. The first-order valence-corrected chi connectivity index (χ1v) is 7.63. The van der Waals surface area contributed by atoms with Crippen LogP contribution in [0.4, 0.5) is 0 Å². The second-order valence-electron chi connectivity index (χ2n) is 4.44. The summed E-state index contributed by atoms with van der Waals surface area (Å²) in [5.41, 5.74) is 2.19. The number of carbonyl (C=O) groups is 1. The number of benzene rings is 1. The van der Waals surface area contributed by atoms with Crippen LogP contribution in [-0.4, -0.2) is 21.9 Å². The molecule has 1 rings (SSSR count). The molecule has 0 aliphatic carbocycles. The number of hydrogen-bond donors (Lipinski definition) is 1. The van der Waals surface area contributed by atoms with Crippen LogP contribution in [0.2, 0.25) is 0 Å². The predicted molar refractivity (Wildman–Crippen MR) is 75.8 cm³/mol. The maximum absolute atomic E-state index is 12.1. The summed E-state index contributed by atoms with van der Waals surface area (Å²) in [6.07, 6.45) is 0.892. The van der Waals surface area contributed by atoms with Crippen molar-refractivity contribution in [1.29, 1.82) is 0 Å². The van der Waals surface area contributed by atoms with E-state index in [2.05, 4.69) is 5.32 Å². The molecule has 0 spiro atoms. The lowest BCUT2D eigenvalue weighted by molar-refractivity contribution is -0.120. The van der Waals surface area contributed by atoms with Crippen LogP contribution in [0, 0.1) is 6.92 Å². The van der Waals surface area contributed by atoms with E-state index in [0.717, 1.165) is 12.0 Å². The smallest absolute Gasteiger partial charge is 0.235 e. The van der Waals surface area contributed by atoms with Gasteiger partial charge in [-0.25, -0.2) is 0 Å². The van der Waals surface area contributed by atoms with Gasteiger partial charge in [-0.1, -0.05) is 36.8 Å². The normalized spacial score (nSPS) is 13.9. The number of amides is 1. The molecular formula is C14H21NO2S. The number of hydrogen-bond acceptors (Lipinski definition) is 2. The van der Waals surface area contributed by atoms with Gasteiger partial charge >= 0.3 is 0 Å². The third kappa shape index (κ3) is 4.61. The van der Waals surface area contributed by atoms with E-state index in [0.29, 0.717) is 12.3 Å². The fourth-order valence-electron chi connectivity index (χ4n) is 1.48. The minimum absolute atomic E-state index is 0.123. The summed E-state index contributed by atoms with van der Waals surface area (Å²) < 4.78 is 12.1. The van der Waals surface area contributed by atoms with Gasteiger partial charge in [0.1, 0.15) is 5.25 Å². The molecule has 2 unspecified atom stereocenters. The molecule has 0 aliphatic heterocycles. The van der Waals surface area contributed by atoms with Crippen LogP contribution in [-0.2, 0) is 21.3 Å². The highest BCUT2D eigenvalue weighted by atomic mass is 32.2. The largest absolute Gasteiger partial charge is 0.355 e. The van der Waals surface area contributed by atoms with Crippen molar-refractivity contribution in [3.8, 4) is 0 Å². The van der Waals surface area contributed by atoms with Gasteiger partial charge in [0.05, 0.1) is 0 Å². The van der Waals surface area contributed by atoms with Gasteiger partial charge in [0, 0.05) is 23.1 Å².